The molecule has 84 valence electrons. The second kappa shape index (κ2) is 5.21. The molecule has 4 nitrogen and oxygen atoms in total. The van der Waals surface area contributed by atoms with Crippen molar-refractivity contribution in [2.45, 2.75) is 19.0 Å². The zero-order valence-electron chi connectivity index (χ0n) is 8.46. The SMILES string of the molecule is COC(C)CN(C)CC(F)(F)C(=O)O. The minimum absolute atomic E-state index is 0.204. The van der Waals surface area contributed by atoms with Crippen LogP contribution in [0.4, 0.5) is 8.78 Å². The first kappa shape index (κ1) is 13.2. The van der Waals surface area contributed by atoms with E-state index in [2.05, 4.69) is 0 Å². The second-order valence-electron chi connectivity index (χ2n) is 3.25. The normalized spacial score (nSPS) is 14.4. The van der Waals surface area contributed by atoms with Crippen LogP contribution in [0.1, 0.15) is 6.92 Å². The van der Waals surface area contributed by atoms with E-state index in [1.807, 2.05) is 0 Å². The van der Waals surface area contributed by atoms with Gasteiger partial charge in [0.1, 0.15) is 0 Å². The summed E-state index contributed by atoms with van der Waals surface area (Å²) in [5.41, 5.74) is 0. The Labute approximate surface area is 81.5 Å². The van der Waals surface area contributed by atoms with Gasteiger partial charge in [0.2, 0.25) is 0 Å². The predicted molar refractivity (Wildman–Crippen MR) is 46.6 cm³/mol. The topological polar surface area (TPSA) is 49.8 Å². The van der Waals surface area contributed by atoms with Gasteiger partial charge in [-0.3, -0.25) is 4.90 Å². The van der Waals surface area contributed by atoms with E-state index in [1.165, 1.54) is 19.1 Å². The molecule has 1 unspecified atom stereocenters. The van der Waals surface area contributed by atoms with Crippen LogP contribution >= 0.6 is 0 Å². The van der Waals surface area contributed by atoms with Crippen molar-refractivity contribution in [2.75, 3.05) is 27.2 Å². The maximum atomic E-state index is 12.7. The number of carboxylic acid groups (broad SMARTS) is 1. The molecule has 0 aromatic carbocycles. The lowest BCUT2D eigenvalue weighted by Crippen LogP contribution is -2.43. The lowest BCUT2D eigenvalue weighted by Gasteiger charge is -2.23. The van der Waals surface area contributed by atoms with Crippen molar-refractivity contribution >= 4 is 5.97 Å². The standard InChI is InChI=1S/C8H15F2NO3/c1-6(14-3)4-11(2)5-8(9,10)7(12)13/h6H,4-5H2,1-3H3,(H,12,13). The van der Waals surface area contributed by atoms with Gasteiger partial charge in [0.15, 0.2) is 0 Å². The van der Waals surface area contributed by atoms with Crippen molar-refractivity contribution in [2.24, 2.45) is 0 Å². The monoisotopic (exact) mass is 211 g/mol. The first-order valence-corrected chi connectivity index (χ1v) is 4.12. The Morgan fingerprint density at radius 1 is 1.64 bits per heavy atom. The highest BCUT2D eigenvalue weighted by Crippen LogP contribution is 2.14. The summed E-state index contributed by atoms with van der Waals surface area (Å²) in [5, 5.41) is 8.17. The lowest BCUT2D eigenvalue weighted by atomic mass is 10.3. The van der Waals surface area contributed by atoms with Crippen molar-refractivity contribution in [3.8, 4) is 0 Å². The highest BCUT2D eigenvalue weighted by Gasteiger charge is 2.39. The molecule has 0 aliphatic heterocycles. The van der Waals surface area contributed by atoms with Gasteiger partial charge >= 0.3 is 11.9 Å². The number of hydrogen-bond acceptors (Lipinski definition) is 3. The number of methoxy groups -OCH3 is 1. The quantitative estimate of drug-likeness (QED) is 0.701. The molecule has 1 atom stereocenters. The fraction of sp³-hybridized carbons (Fsp3) is 0.875. The molecular formula is C8H15F2NO3. The highest BCUT2D eigenvalue weighted by molar-refractivity contribution is 5.75. The highest BCUT2D eigenvalue weighted by atomic mass is 19.3. The van der Waals surface area contributed by atoms with Gasteiger partial charge in [-0.25, -0.2) is 4.79 Å². The second-order valence-corrected chi connectivity index (χ2v) is 3.25. The van der Waals surface area contributed by atoms with Crippen LogP contribution in [0.15, 0.2) is 0 Å². The zero-order valence-corrected chi connectivity index (χ0v) is 8.46. The van der Waals surface area contributed by atoms with Gasteiger partial charge in [0.05, 0.1) is 12.6 Å². The van der Waals surface area contributed by atoms with Crippen molar-refractivity contribution in [3.05, 3.63) is 0 Å². The Morgan fingerprint density at radius 3 is 2.50 bits per heavy atom. The van der Waals surface area contributed by atoms with Gasteiger partial charge in [0.25, 0.3) is 0 Å². The fourth-order valence-electron chi connectivity index (χ4n) is 0.985. The van der Waals surface area contributed by atoms with Crippen LogP contribution in [0.2, 0.25) is 0 Å². The molecule has 0 spiro atoms. The summed E-state index contributed by atoms with van der Waals surface area (Å²) in [6.45, 7) is 1.17. The molecule has 14 heavy (non-hydrogen) atoms. The zero-order chi connectivity index (χ0) is 11.4. The van der Waals surface area contributed by atoms with Crippen LogP contribution < -0.4 is 0 Å². The predicted octanol–water partition coefficient (Wildman–Crippen LogP) is 0.673. The minimum atomic E-state index is -3.71. The number of likely N-dealkylation sites (N-methyl/N-ethyl adjacent to an activating group) is 1. The number of nitrogens with zero attached hydrogens (tertiary/aromatic N) is 1. The molecule has 0 saturated carbocycles. The van der Waals surface area contributed by atoms with Crippen LogP contribution in [-0.2, 0) is 9.53 Å². The number of ether oxygens (including phenoxy) is 1. The molecule has 0 aromatic rings. The third-order valence-corrected chi connectivity index (χ3v) is 1.75. The van der Waals surface area contributed by atoms with Crippen LogP contribution in [-0.4, -0.2) is 55.2 Å². The maximum absolute atomic E-state index is 12.7. The summed E-state index contributed by atoms with van der Waals surface area (Å²) in [4.78, 5) is 11.3. The molecule has 0 aromatic heterocycles. The Balaban J connectivity index is 4.05. The molecule has 0 bridgehead atoms. The number of rotatable bonds is 6. The number of aliphatic carboxylic acids is 1. The largest absolute Gasteiger partial charge is 0.477 e. The van der Waals surface area contributed by atoms with Gasteiger partial charge in [-0.2, -0.15) is 8.78 Å². The molecule has 0 rings (SSSR count). The molecule has 0 fully saturated rings. The van der Waals surface area contributed by atoms with Crippen molar-refractivity contribution in [3.63, 3.8) is 0 Å². The Kier molecular flexibility index (Phi) is 4.93. The first-order chi connectivity index (χ1) is 6.29. The first-order valence-electron chi connectivity index (χ1n) is 4.12. The fourth-order valence-corrected chi connectivity index (χ4v) is 0.985. The van der Waals surface area contributed by atoms with Crippen LogP contribution in [0.25, 0.3) is 0 Å². The molecule has 0 aliphatic carbocycles. The van der Waals surface area contributed by atoms with Gasteiger partial charge in [0, 0.05) is 13.7 Å². The average Bonchev–Trinajstić information content (AvgIpc) is 2.02. The number of halogens is 2. The summed E-state index contributed by atoms with van der Waals surface area (Å²) in [7, 11) is 2.89. The smallest absolute Gasteiger partial charge is 0.375 e. The van der Waals surface area contributed by atoms with E-state index >= 15 is 0 Å². The van der Waals surface area contributed by atoms with Gasteiger partial charge in [-0.1, -0.05) is 0 Å². The Bertz CT molecular complexity index is 199. The van der Waals surface area contributed by atoms with Crippen molar-refractivity contribution < 1.29 is 23.4 Å². The van der Waals surface area contributed by atoms with E-state index in [-0.39, 0.29) is 12.6 Å². The third kappa shape index (κ3) is 4.48. The van der Waals surface area contributed by atoms with Crippen LogP contribution in [0.3, 0.4) is 0 Å². The van der Waals surface area contributed by atoms with E-state index in [4.69, 9.17) is 9.84 Å². The number of hydrogen-bond donors (Lipinski definition) is 1. The Morgan fingerprint density at radius 2 is 2.14 bits per heavy atom. The Hall–Kier alpha value is -0.750. The minimum Gasteiger partial charge on any atom is -0.477 e. The molecule has 0 aliphatic rings. The van der Waals surface area contributed by atoms with Gasteiger partial charge in [-0.15, -0.1) is 0 Å². The summed E-state index contributed by atoms with van der Waals surface area (Å²) >= 11 is 0. The number of carboxylic acids is 1. The van der Waals surface area contributed by atoms with Crippen molar-refractivity contribution in [1.29, 1.82) is 0 Å². The van der Waals surface area contributed by atoms with E-state index in [0.717, 1.165) is 0 Å². The molecule has 0 saturated heterocycles. The van der Waals surface area contributed by atoms with Crippen molar-refractivity contribution in [1.82, 2.24) is 4.90 Å². The van der Waals surface area contributed by atoms with E-state index in [1.54, 1.807) is 6.92 Å². The summed E-state index contributed by atoms with van der Waals surface area (Å²) in [6, 6.07) is 0. The molecule has 0 radical (unpaired) electrons. The third-order valence-electron chi connectivity index (χ3n) is 1.75. The molecule has 1 N–H and O–H groups in total. The van der Waals surface area contributed by atoms with Gasteiger partial charge in [-0.05, 0) is 14.0 Å². The van der Waals surface area contributed by atoms with E-state index < -0.39 is 18.4 Å². The summed E-state index contributed by atoms with van der Waals surface area (Å²) in [5.74, 6) is -5.81. The molecular weight excluding hydrogens is 196 g/mol. The van der Waals surface area contributed by atoms with E-state index in [0.29, 0.717) is 0 Å². The summed E-state index contributed by atoms with van der Waals surface area (Å²) < 4.78 is 30.2. The number of carbonyl (C=O) groups is 1. The van der Waals surface area contributed by atoms with Gasteiger partial charge < -0.3 is 9.84 Å². The van der Waals surface area contributed by atoms with E-state index in [9.17, 15) is 13.6 Å². The molecule has 0 amide bonds. The van der Waals surface area contributed by atoms with Crippen LogP contribution in [0, 0.1) is 0 Å². The molecule has 6 heteroatoms. The van der Waals surface area contributed by atoms with Crippen LogP contribution in [0.5, 0.6) is 0 Å². The lowest BCUT2D eigenvalue weighted by molar-refractivity contribution is -0.167. The maximum Gasteiger partial charge on any atom is 0.375 e. The molecule has 0 heterocycles. The average molecular weight is 211 g/mol. The number of alkyl halides is 2. The summed E-state index contributed by atoms with van der Waals surface area (Å²) in [6.07, 6.45) is -0.204.